The fraction of sp³-hybridized carbons (Fsp3) is 0.441. The van der Waals surface area contributed by atoms with Gasteiger partial charge in [-0.25, -0.2) is 0 Å². The first-order chi connectivity index (χ1) is 21.6. The lowest BCUT2D eigenvalue weighted by atomic mass is 9.84. The van der Waals surface area contributed by atoms with Crippen LogP contribution < -0.4 is 19.7 Å². The van der Waals surface area contributed by atoms with E-state index in [9.17, 15) is 9.59 Å². The predicted molar refractivity (Wildman–Crippen MR) is 170 cm³/mol. The Bertz CT molecular complexity index is 1610. The average molecular weight is 615 g/mol. The third-order valence-electron chi connectivity index (χ3n) is 7.92. The summed E-state index contributed by atoms with van der Waals surface area (Å²) in [5, 5.41) is 15.8. The Hall–Kier alpha value is -4.67. The van der Waals surface area contributed by atoms with Crippen LogP contribution in [0.1, 0.15) is 81.9 Å². The van der Waals surface area contributed by atoms with Crippen molar-refractivity contribution >= 4 is 17.5 Å². The number of furan rings is 1. The lowest BCUT2D eigenvalue weighted by Gasteiger charge is -2.32. The van der Waals surface area contributed by atoms with Crippen LogP contribution in [0.2, 0.25) is 0 Å². The molecule has 0 radical (unpaired) electrons. The summed E-state index contributed by atoms with van der Waals surface area (Å²) in [7, 11) is 3.11. The van der Waals surface area contributed by atoms with E-state index in [2.05, 4.69) is 32.9 Å². The highest BCUT2D eigenvalue weighted by Gasteiger charge is 2.37. The van der Waals surface area contributed by atoms with Crippen molar-refractivity contribution in [3.8, 4) is 22.9 Å². The van der Waals surface area contributed by atoms with Gasteiger partial charge in [0.15, 0.2) is 17.5 Å². The molecule has 2 heterocycles. The molecule has 1 aliphatic carbocycles. The van der Waals surface area contributed by atoms with Gasteiger partial charge in [0, 0.05) is 16.8 Å². The Morgan fingerprint density at radius 3 is 2.33 bits per heavy atom. The van der Waals surface area contributed by atoms with E-state index in [-0.39, 0.29) is 12.5 Å². The summed E-state index contributed by atoms with van der Waals surface area (Å²) < 4.78 is 16.7. The number of anilines is 1. The molecule has 0 bridgehead atoms. The van der Waals surface area contributed by atoms with Crippen molar-refractivity contribution in [3.05, 3.63) is 71.7 Å². The molecular weight excluding hydrogens is 572 g/mol. The molecule has 2 aromatic heterocycles. The second kappa shape index (κ2) is 13.5. The average Bonchev–Trinajstić information content (AvgIpc) is 3.67. The number of aryl methyl sites for hydroxylation is 1. The molecular formula is C34H42N6O5. The molecule has 0 unspecified atom stereocenters. The van der Waals surface area contributed by atoms with Crippen LogP contribution in [0.15, 0.2) is 59.0 Å². The fourth-order valence-corrected chi connectivity index (χ4v) is 5.79. The topological polar surface area (TPSA) is 125 Å². The monoisotopic (exact) mass is 614 g/mol. The molecule has 1 atom stereocenters. The Labute approximate surface area is 263 Å². The van der Waals surface area contributed by atoms with Crippen LogP contribution in [0.25, 0.3) is 11.4 Å². The summed E-state index contributed by atoms with van der Waals surface area (Å²) in [5.41, 5.74) is 1.92. The number of carbonyl (C=O) groups excluding carboxylic acids is 2. The zero-order chi connectivity index (χ0) is 32.1. The maximum Gasteiger partial charge on any atom is 0.251 e. The largest absolute Gasteiger partial charge is 0.493 e. The summed E-state index contributed by atoms with van der Waals surface area (Å²) in [4.78, 5) is 30.9. The van der Waals surface area contributed by atoms with E-state index in [4.69, 9.17) is 13.9 Å². The standard InChI is InChI=1S/C34H42N6O5/c1-22-12-18-28(45-22)31(33(42)35-34(2,3)4)40(26-16-13-24(14-17-26)23-10-8-7-9-11-23)30(41)21-39-37-32(36-38-39)25-15-19-27(43-5)29(20-25)44-6/h12-20,23,31H,7-11,21H2,1-6H3,(H,35,42)/t31-/m1/s1. The van der Waals surface area contributed by atoms with Crippen LogP contribution in [-0.2, 0) is 16.1 Å². The molecule has 1 N–H and O–H groups in total. The van der Waals surface area contributed by atoms with Crippen molar-refractivity contribution in [1.29, 1.82) is 0 Å². The van der Waals surface area contributed by atoms with Crippen LogP contribution in [0, 0.1) is 6.92 Å². The van der Waals surface area contributed by atoms with Gasteiger partial charge >= 0.3 is 0 Å². The number of hydrogen-bond acceptors (Lipinski definition) is 8. The number of ether oxygens (including phenoxy) is 2. The summed E-state index contributed by atoms with van der Waals surface area (Å²) in [6.45, 7) is 7.24. The maximum absolute atomic E-state index is 14.3. The zero-order valence-electron chi connectivity index (χ0n) is 26.9. The van der Waals surface area contributed by atoms with Gasteiger partial charge in [-0.15, -0.1) is 10.2 Å². The molecule has 4 aromatic rings. The molecule has 0 spiro atoms. The maximum atomic E-state index is 14.3. The third kappa shape index (κ3) is 7.53. The van der Waals surface area contributed by atoms with Gasteiger partial charge in [0.05, 0.1) is 14.2 Å². The summed E-state index contributed by atoms with van der Waals surface area (Å²) >= 11 is 0. The molecule has 5 rings (SSSR count). The SMILES string of the molecule is COc1ccc(-c2nnn(CC(=O)N(c3ccc(C4CCCCC4)cc3)[C@@H](C(=O)NC(C)(C)C)c3ccc(C)o3)n2)cc1OC. The van der Waals surface area contributed by atoms with Crippen molar-refractivity contribution in [1.82, 2.24) is 25.5 Å². The zero-order valence-corrected chi connectivity index (χ0v) is 26.9. The third-order valence-corrected chi connectivity index (χ3v) is 7.92. The number of nitrogens with one attached hydrogen (secondary N) is 1. The van der Waals surface area contributed by atoms with E-state index in [0.717, 1.165) is 12.8 Å². The predicted octanol–water partition coefficient (Wildman–Crippen LogP) is 6.00. The second-order valence-electron chi connectivity index (χ2n) is 12.5. The van der Waals surface area contributed by atoms with Crippen LogP contribution in [-0.4, -0.2) is 51.8 Å². The Morgan fingerprint density at radius 1 is 1.00 bits per heavy atom. The summed E-state index contributed by atoms with van der Waals surface area (Å²) in [6, 6.07) is 15.7. The molecule has 1 aliphatic rings. The summed E-state index contributed by atoms with van der Waals surface area (Å²) in [5.74, 6) is 2.13. The van der Waals surface area contributed by atoms with Gasteiger partial charge in [-0.2, -0.15) is 4.80 Å². The highest BCUT2D eigenvalue weighted by atomic mass is 16.5. The van der Waals surface area contributed by atoms with Crippen molar-refractivity contribution in [2.75, 3.05) is 19.1 Å². The van der Waals surface area contributed by atoms with E-state index in [1.54, 1.807) is 44.6 Å². The number of tetrazole rings is 1. The van der Waals surface area contributed by atoms with Gasteiger partial charge < -0.3 is 19.2 Å². The lowest BCUT2D eigenvalue weighted by Crippen LogP contribution is -2.50. The van der Waals surface area contributed by atoms with E-state index in [1.165, 1.54) is 34.5 Å². The normalized spacial score (nSPS) is 14.5. The molecule has 1 saturated carbocycles. The minimum Gasteiger partial charge on any atom is -0.493 e. The Kier molecular flexibility index (Phi) is 9.55. The van der Waals surface area contributed by atoms with Crippen LogP contribution in [0.4, 0.5) is 5.69 Å². The quantitative estimate of drug-likeness (QED) is 0.231. The van der Waals surface area contributed by atoms with Gasteiger partial charge in [-0.3, -0.25) is 14.5 Å². The number of benzene rings is 2. The van der Waals surface area contributed by atoms with Crippen LogP contribution >= 0.6 is 0 Å². The van der Waals surface area contributed by atoms with E-state index >= 15 is 0 Å². The van der Waals surface area contributed by atoms with Crippen molar-refractivity contribution < 1.29 is 23.5 Å². The number of aromatic nitrogens is 4. The van der Waals surface area contributed by atoms with Gasteiger partial charge in [-0.05, 0) is 99.7 Å². The highest BCUT2D eigenvalue weighted by Crippen LogP contribution is 2.36. The molecule has 0 saturated heterocycles. The van der Waals surface area contributed by atoms with Crippen molar-refractivity contribution in [2.45, 2.75) is 83.8 Å². The van der Waals surface area contributed by atoms with Gasteiger partial charge in [0.25, 0.3) is 11.8 Å². The molecule has 2 amide bonds. The number of hydrogen-bond donors (Lipinski definition) is 1. The van der Waals surface area contributed by atoms with Crippen LogP contribution in [0.5, 0.6) is 11.5 Å². The molecule has 0 aliphatic heterocycles. The van der Waals surface area contributed by atoms with E-state index in [1.807, 2.05) is 39.8 Å². The first-order valence-corrected chi connectivity index (χ1v) is 15.4. The van der Waals surface area contributed by atoms with Gasteiger partial charge in [0.1, 0.15) is 18.1 Å². The number of methoxy groups -OCH3 is 2. The van der Waals surface area contributed by atoms with E-state index < -0.39 is 17.5 Å². The van der Waals surface area contributed by atoms with Crippen molar-refractivity contribution in [2.24, 2.45) is 0 Å². The Balaban J connectivity index is 1.50. The molecule has 11 heteroatoms. The molecule has 238 valence electrons. The molecule has 11 nitrogen and oxygen atoms in total. The molecule has 45 heavy (non-hydrogen) atoms. The smallest absolute Gasteiger partial charge is 0.251 e. The first-order valence-electron chi connectivity index (χ1n) is 15.4. The minimum atomic E-state index is -1.07. The van der Waals surface area contributed by atoms with Gasteiger partial charge in [0.2, 0.25) is 5.82 Å². The first kappa shape index (κ1) is 31.7. The van der Waals surface area contributed by atoms with Gasteiger partial charge in [-0.1, -0.05) is 31.4 Å². The van der Waals surface area contributed by atoms with Crippen LogP contribution in [0.3, 0.4) is 0 Å². The number of rotatable bonds is 10. The fourth-order valence-electron chi connectivity index (χ4n) is 5.79. The van der Waals surface area contributed by atoms with E-state index in [0.29, 0.717) is 46.0 Å². The number of carbonyl (C=O) groups is 2. The highest BCUT2D eigenvalue weighted by molar-refractivity contribution is 6.01. The van der Waals surface area contributed by atoms with Crippen molar-refractivity contribution in [3.63, 3.8) is 0 Å². The molecule has 1 fully saturated rings. The Morgan fingerprint density at radius 2 is 1.71 bits per heavy atom. The lowest BCUT2D eigenvalue weighted by molar-refractivity contribution is -0.128. The molecule has 2 aromatic carbocycles. The summed E-state index contributed by atoms with van der Waals surface area (Å²) in [6.07, 6.45) is 6.03. The number of amides is 2. The second-order valence-corrected chi connectivity index (χ2v) is 12.5. The minimum absolute atomic E-state index is 0.260. The number of nitrogens with zero attached hydrogens (tertiary/aromatic N) is 5.